The van der Waals surface area contributed by atoms with E-state index in [4.69, 9.17) is 21.2 Å². The van der Waals surface area contributed by atoms with E-state index in [0.717, 1.165) is 31.5 Å². The quantitative estimate of drug-likeness (QED) is 0.842. The summed E-state index contributed by atoms with van der Waals surface area (Å²) in [5.74, 6) is 0.357. The molecular formula is C17H21ClN4O3. The van der Waals surface area contributed by atoms with Crippen LogP contribution in [0.5, 0.6) is 0 Å². The molecule has 1 saturated heterocycles. The molecular weight excluding hydrogens is 344 g/mol. The summed E-state index contributed by atoms with van der Waals surface area (Å²) >= 11 is 5.89. The molecule has 0 amide bonds. The standard InChI is InChI=1S/C17H21ClN4O3/c1-21(11-16(23)24)14-6-8-22(9-7-14)10-15-19-17(20-25-15)12-2-4-13(18)5-3-12/h2-5,14H,6-11H2,1H3,(H,23,24). The molecule has 0 spiro atoms. The van der Waals surface area contributed by atoms with Gasteiger partial charge in [-0.05, 0) is 44.2 Å². The molecule has 0 radical (unpaired) electrons. The van der Waals surface area contributed by atoms with Crippen molar-refractivity contribution in [2.24, 2.45) is 0 Å². The molecule has 8 heteroatoms. The van der Waals surface area contributed by atoms with Crippen LogP contribution in [0.3, 0.4) is 0 Å². The Kier molecular flexibility index (Phi) is 5.67. The van der Waals surface area contributed by atoms with E-state index in [0.29, 0.717) is 29.3 Å². The highest BCUT2D eigenvalue weighted by Gasteiger charge is 2.24. The first-order chi connectivity index (χ1) is 12.0. The van der Waals surface area contributed by atoms with Crippen molar-refractivity contribution in [1.82, 2.24) is 19.9 Å². The molecule has 0 bridgehead atoms. The Morgan fingerprint density at radius 2 is 2.04 bits per heavy atom. The number of likely N-dealkylation sites (tertiary alicyclic amines) is 1. The molecule has 1 aliphatic heterocycles. The molecule has 134 valence electrons. The van der Waals surface area contributed by atoms with Gasteiger partial charge in [0, 0.05) is 29.7 Å². The van der Waals surface area contributed by atoms with Crippen molar-refractivity contribution in [2.75, 3.05) is 26.7 Å². The van der Waals surface area contributed by atoms with Crippen LogP contribution in [0, 0.1) is 0 Å². The predicted molar refractivity (Wildman–Crippen MR) is 93.3 cm³/mol. The van der Waals surface area contributed by atoms with Crippen molar-refractivity contribution >= 4 is 17.6 Å². The normalized spacial score (nSPS) is 16.4. The Hall–Kier alpha value is -1.96. The monoisotopic (exact) mass is 364 g/mol. The number of likely N-dealkylation sites (N-methyl/N-ethyl adjacent to an activating group) is 1. The summed E-state index contributed by atoms with van der Waals surface area (Å²) in [5, 5.41) is 13.6. The summed E-state index contributed by atoms with van der Waals surface area (Å²) in [4.78, 5) is 19.4. The molecule has 25 heavy (non-hydrogen) atoms. The van der Waals surface area contributed by atoms with Gasteiger partial charge in [0.15, 0.2) is 0 Å². The maximum absolute atomic E-state index is 10.8. The van der Waals surface area contributed by atoms with Crippen LogP contribution in [0.1, 0.15) is 18.7 Å². The van der Waals surface area contributed by atoms with E-state index < -0.39 is 5.97 Å². The summed E-state index contributed by atoms with van der Waals surface area (Å²) in [6, 6.07) is 7.62. The Morgan fingerprint density at radius 1 is 1.36 bits per heavy atom. The lowest BCUT2D eigenvalue weighted by molar-refractivity contribution is -0.138. The fourth-order valence-corrected chi connectivity index (χ4v) is 3.21. The number of nitrogens with zero attached hydrogens (tertiary/aromatic N) is 4. The van der Waals surface area contributed by atoms with Gasteiger partial charge in [0.1, 0.15) is 0 Å². The fraction of sp³-hybridized carbons (Fsp3) is 0.471. The molecule has 0 unspecified atom stereocenters. The van der Waals surface area contributed by atoms with Gasteiger partial charge in [0.2, 0.25) is 11.7 Å². The molecule has 2 aromatic rings. The molecule has 0 atom stereocenters. The lowest BCUT2D eigenvalue weighted by Gasteiger charge is -2.35. The molecule has 0 aliphatic carbocycles. The number of hydrogen-bond acceptors (Lipinski definition) is 6. The molecule has 1 fully saturated rings. The first-order valence-corrected chi connectivity index (χ1v) is 8.62. The van der Waals surface area contributed by atoms with Crippen LogP contribution >= 0.6 is 11.6 Å². The van der Waals surface area contributed by atoms with Gasteiger partial charge in [-0.1, -0.05) is 16.8 Å². The van der Waals surface area contributed by atoms with E-state index in [2.05, 4.69) is 15.0 Å². The minimum absolute atomic E-state index is 0.0821. The topological polar surface area (TPSA) is 82.7 Å². The highest BCUT2D eigenvalue weighted by atomic mass is 35.5. The number of benzene rings is 1. The largest absolute Gasteiger partial charge is 0.480 e. The van der Waals surface area contributed by atoms with Crippen molar-refractivity contribution in [3.05, 3.63) is 35.2 Å². The fourth-order valence-electron chi connectivity index (χ4n) is 3.09. The number of hydrogen-bond donors (Lipinski definition) is 1. The van der Waals surface area contributed by atoms with Crippen LogP contribution < -0.4 is 0 Å². The minimum atomic E-state index is -0.787. The average Bonchev–Trinajstić information content (AvgIpc) is 3.04. The maximum atomic E-state index is 10.8. The number of halogens is 1. The number of aromatic nitrogens is 2. The Labute approximate surface area is 151 Å². The molecule has 7 nitrogen and oxygen atoms in total. The van der Waals surface area contributed by atoms with Crippen LogP contribution in [0.2, 0.25) is 5.02 Å². The number of carboxylic acid groups (broad SMARTS) is 1. The molecule has 1 N–H and O–H groups in total. The molecule has 3 rings (SSSR count). The van der Waals surface area contributed by atoms with E-state index in [1.54, 1.807) is 12.1 Å². The number of piperidine rings is 1. The zero-order valence-electron chi connectivity index (χ0n) is 14.1. The van der Waals surface area contributed by atoms with Crippen LogP contribution in [0.4, 0.5) is 0 Å². The van der Waals surface area contributed by atoms with Gasteiger partial charge in [-0.2, -0.15) is 4.98 Å². The molecule has 0 saturated carbocycles. The minimum Gasteiger partial charge on any atom is -0.480 e. The van der Waals surface area contributed by atoms with Gasteiger partial charge in [0.25, 0.3) is 0 Å². The van der Waals surface area contributed by atoms with E-state index in [-0.39, 0.29) is 6.54 Å². The molecule has 1 aliphatic rings. The SMILES string of the molecule is CN(CC(=O)O)C1CCN(Cc2nc(-c3ccc(Cl)cc3)no2)CC1. The zero-order valence-corrected chi connectivity index (χ0v) is 14.8. The third-order valence-corrected chi connectivity index (χ3v) is 4.75. The van der Waals surface area contributed by atoms with Crippen molar-refractivity contribution in [3.63, 3.8) is 0 Å². The highest BCUT2D eigenvalue weighted by Crippen LogP contribution is 2.20. The third kappa shape index (κ3) is 4.78. The first-order valence-electron chi connectivity index (χ1n) is 8.24. The van der Waals surface area contributed by atoms with Gasteiger partial charge in [-0.3, -0.25) is 14.6 Å². The van der Waals surface area contributed by atoms with Crippen molar-refractivity contribution < 1.29 is 14.4 Å². The zero-order chi connectivity index (χ0) is 17.8. The summed E-state index contributed by atoms with van der Waals surface area (Å²) in [5.41, 5.74) is 0.869. The van der Waals surface area contributed by atoms with E-state index in [1.165, 1.54) is 0 Å². The third-order valence-electron chi connectivity index (χ3n) is 4.49. The smallest absolute Gasteiger partial charge is 0.317 e. The lowest BCUT2D eigenvalue weighted by atomic mass is 10.0. The van der Waals surface area contributed by atoms with Crippen LogP contribution in [0.15, 0.2) is 28.8 Å². The number of rotatable bonds is 6. The number of aliphatic carboxylic acids is 1. The van der Waals surface area contributed by atoms with Crippen molar-refractivity contribution in [2.45, 2.75) is 25.4 Å². The van der Waals surface area contributed by atoms with Crippen LogP contribution in [-0.4, -0.2) is 63.7 Å². The summed E-state index contributed by atoms with van der Waals surface area (Å²) in [6.07, 6.45) is 1.86. The Bertz CT molecular complexity index is 711. The van der Waals surface area contributed by atoms with Crippen LogP contribution in [-0.2, 0) is 11.3 Å². The van der Waals surface area contributed by atoms with Gasteiger partial charge in [-0.15, -0.1) is 0 Å². The van der Waals surface area contributed by atoms with Gasteiger partial charge >= 0.3 is 5.97 Å². The van der Waals surface area contributed by atoms with Gasteiger partial charge in [0.05, 0.1) is 13.1 Å². The Balaban J connectivity index is 1.53. The highest BCUT2D eigenvalue weighted by molar-refractivity contribution is 6.30. The second-order valence-electron chi connectivity index (χ2n) is 6.33. The lowest BCUT2D eigenvalue weighted by Crippen LogP contribution is -2.44. The summed E-state index contributed by atoms with van der Waals surface area (Å²) in [6.45, 7) is 2.45. The maximum Gasteiger partial charge on any atom is 0.317 e. The number of carboxylic acids is 1. The summed E-state index contributed by atoms with van der Waals surface area (Å²) in [7, 11) is 1.87. The van der Waals surface area contributed by atoms with Crippen molar-refractivity contribution in [3.8, 4) is 11.4 Å². The second kappa shape index (κ2) is 7.95. The van der Waals surface area contributed by atoms with Crippen molar-refractivity contribution in [1.29, 1.82) is 0 Å². The first kappa shape index (κ1) is 17.8. The summed E-state index contributed by atoms with van der Waals surface area (Å²) < 4.78 is 5.36. The second-order valence-corrected chi connectivity index (χ2v) is 6.77. The molecule has 2 heterocycles. The van der Waals surface area contributed by atoms with Crippen LogP contribution in [0.25, 0.3) is 11.4 Å². The molecule has 1 aromatic heterocycles. The number of carbonyl (C=O) groups is 1. The Morgan fingerprint density at radius 3 is 2.68 bits per heavy atom. The average molecular weight is 365 g/mol. The van der Waals surface area contributed by atoms with E-state index in [9.17, 15) is 4.79 Å². The molecule has 1 aromatic carbocycles. The van der Waals surface area contributed by atoms with Gasteiger partial charge in [-0.25, -0.2) is 0 Å². The van der Waals surface area contributed by atoms with E-state index in [1.807, 2.05) is 24.1 Å². The predicted octanol–water partition coefficient (Wildman–Crippen LogP) is 2.37. The van der Waals surface area contributed by atoms with E-state index >= 15 is 0 Å². The van der Waals surface area contributed by atoms with Gasteiger partial charge < -0.3 is 9.63 Å².